The Labute approximate surface area is 90.9 Å². The molecular weight excluding hydrogens is 190 g/mol. The predicted octanol–water partition coefficient (Wildman–Crippen LogP) is 2.18. The summed E-state index contributed by atoms with van der Waals surface area (Å²) in [6.45, 7) is 8.29. The van der Waals surface area contributed by atoms with Crippen LogP contribution in [0.1, 0.15) is 32.8 Å². The van der Waals surface area contributed by atoms with Crippen molar-refractivity contribution < 1.29 is 4.74 Å². The molecule has 0 aliphatic rings. The third-order valence-electron chi connectivity index (χ3n) is 2.06. The van der Waals surface area contributed by atoms with Crippen molar-refractivity contribution in [3.05, 3.63) is 11.8 Å². The molecule has 0 aromatic carbocycles. The van der Waals surface area contributed by atoms with E-state index in [4.69, 9.17) is 10.5 Å². The summed E-state index contributed by atoms with van der Waals surface area (Å²) in [5.74, 6) is 1.46. The minimum Gasteiger partial charge on any atom is -0.474 e. The van der Waals surface area contributed by atoms with E-state index < -0.39 is 0 Å². The summed E-state index contributed by atoms with van der Waals surface area (Å²) >= 11 is 0. The SMILES string of the molecule is Cc1cnc(N)nc1OC(C)CC(C)C. The number of ether oxygens (including phenoxy) is 1. The van der Waals surface area contributed by atoms with E-state index in [1.54, 1.807) is 6.20 Å². The Morgan fingerprint density at radius 1 is 1.40 bits per heavy atom. The molecule has 1 atom stereocenters. The summed E-state index contributed by atoms with van der Waals surface area (Å²) in [5.41, 5.74) is 6.42. The van der Waals surface area contributed by atoms with E-state index in [9.17, 15) is 0 Å². The Morgan fingerprint density at radius 2 is 2.07 bits per heavy atom. The molecule has 4 nitrogen and oxygen atoms in total. The first kappa shape index (κ1) is 11.8. The summed E-state index contributed by atoms with van der Waals surface area (Å²) in [7, 11) is 0. The van der Waals surface area contributed by atoms with Gasteiger partial charge in [-0.1, -0.05) is 13.8 Å². The van der Waals surface area contributed by atoms with Crippen molar-refractivity contribution in [1.82, 2.24) is 9.97 Å². The minimum atomic E-state index is 0.151. The van der Waals surface area contributed by atoms with Crippen molar-refractivity contribution in [2.75, 3.05) is 5.73 Å². The number of rotatable bonds is 4. The van der Waals surface area contributed by atoms with E-state index in [1.807, 2.05) is 13.8 Å². The highest BCUT2D eigenvalue weighted by atomic mass is 16.5. The summed E-state index contributed by atoms with van der Waals surface area (Å²) in [6.07, 6.45) is 2.83. The molecule has 0 aliphatic heterocycles. The van der Waals surface area contributed by atoms with Gasteiger partial charge in [0.1, 0.15) is 0 Å². The van der Waals surface area contributed by atoms with Crippen LogP contribution in [0.3, 0.4) is 0 Å². The fraction of sp³-hybridized carbons (Fsp3) is 0.636. The van der Waals surface area contributed by atoms with E-state index in [2.05, 4.69) is 23.8 Å². The molecule has 0 saturated heterocycles. The van der Waals surface area contributed by atoms with Gasteiger partial charge in [-0.25, -0.2) is 4.98 Å². The lowest BCUT2D eigenvalue weighted by atomic mass is 10.1. The fourth-order valence-electron chi connectivity index (χ4n) is 1.46. The van der Waals surface area contributed by atoms with Gasteiger partial charge in [-0.05, 0) is 26.2 Å². The molecule has 0 radical (unpaired) electrons. The molecule has 0 bridgehead atoms. The topological polar surface area (TPSA) is 61.0 Å². The zero-order valence-corrected chi connectivity index (χ0v) is 9.82. The number of aryl methyl sites for hydroxylation is 1. The maximum absolute atomic E-state index is 5.71. The van der Waals surface area contributed by atoms with Crippen LogP contribution in [0.2, 0.25) is 0 Å². The Bertz CT molecular complexity index is 326. The normalized spacial score (nSPS) is 12.9. The average Bonchev–Trinajstić information content (AvgIpc) is 2.10. The largest absolute Gasteiger partial charge is 0.474 e. The highest BCUT2D eigenvalue weighted by Crippen LogP contribution is 2.17. The zero-order chi connectivity index (χ0) is 11.4. The van der Waals surface area contributed by atoms with Gasteiger partial charge in [-0.3, -0.25) is 0 Å². The Kier molecular flexibility index (Phi) is 3.88. The van der Waals surface area contributed by atoms with Crippen LogP contribution in [-0.2, 0) is 0 Å². The summed E-state index contributed by atoms with van der Waals surface area (Å²) in [4.78, 5) is 7.96. The molecule has 0 saturated carbocycles. The van der Waals surface area contributed by atoms with Crippen molar-refractivity contribution in [2.24, 2.45) is 5.92 Å². The maximum Gasteiger partial charge on any atom is 0.223 e. The number of hydrogen-bond donors (Lipinski definition) is 1. The second kappa shape index (κ2) is 4.96. The number of aromatic nitrogens is 2. The number of nitrogens with two attached hydrogens (primary N) is 1. The van der Waals surface area contributed by atoms with Gasteiger partial charge in [0.15, 0.2) is 0 Å². The maximum atomic E-state index is 5.71. The second-order valence-corrected chi connectivity index (χ2v) is 4.27. The number of anilines is 1. The molecule has 15 heavy (non-hydrogen) atoms. The van der Waals surface area contributed by atoms with Crippen LogP contribution in [0.15, 0.2) is 6.20 Å². The molecule has 0 aliphatic carbocycles. The lowest BCUT2D eigenvalue weighted by Crippen LogP contribution is -2.16. The van der Waals surface area contributed by atoms with Gasteiger partial charge in [0, 0.05) is 11.8 Å². The minimum absolute atomic E-state index is 0.151. The Hall–Kier alpha value is -1.32. The standard InChI is InChI=1S/C11H19N3O/c1-7(2)5-9(4)15-10-8(3)6-13-11(12)14-10/h6-7,9H,5H2,1-4H3,(H2,12,13,14). The van der Waals surface area contributed by atoms with E-state index in [0.717, 1.165) is 12.0 Å². The molecule has 0 fully saturated rings. The van der Waals surface area contributed by atoms with Crippen molar-refractivity contribution >= 4 is 5.95 Å². The Balaban J connectivity index is 2.67. The lowest BCUT2D eigenvalue weighted by Gasteiger charge is -2.16. The monoisotopic (exact) mass is 209 g/mol. The molecule has 1 aromatic rings. The molecule has 1 heterocycles. The molecular formula is C11H19N3O. The van der Waals surface area contributed by atoms with Gasteiger partial charge >= 0.3 is 0 Å². The first-order chi connectivity index (χ1) is 6.99. The molecule has 0 spiro atoms. The van der Waals surface area contributed by atoms with Gasteiger partial charge in [-0.2, -0.15) is 4.98 Å². The average molecular weight is 209 g/mol. The van der Waals surface area contributed by atoms with Crippen LogP contribution in [0, 0.1) is 12.8 Å². The highest BCUT2D eigenvalue weighted by molar-refractivity contribution is 5.28. The van der Waals surface area contributed by atoms with Crippen LogP contribution >= 0.6 is 0 Å². The van der Waals surface area contributed by atoms with Gasteiger partial charge in [0.2, 0.25) is 11.8 Å². The lowest BCUT2D eigenvalue weighted by molar-refractivity contribution is 0.184. The van der Waals surface area contributed by atoms with Crippen LogP contribution < -0.4 is 10.5 Å². The third-order valence-corrected chi connectivity index (χ3v) is 2.06. The predicted molar refractivity (Wildman–Crippen MR) is 60.7 cm³/mol. The van der Waals surface area contributed by atoms with Crippen LogP contribution in [0.4, 0.5) is 5.95 Å². The van der Waals surface area contributed by atoms with Gasteiger partial charge in [0.05, 0.1) is 6.10 Å². The van der Waals surface area contributed by atoms with Gasteiger partial charge in [0.25, 0.3) is 0 Å². The number of nitrogens with zero attached hydrogens (tertiary/aromatic N) is 2. The first-order valence-corrected chi connectivity index (χ1v) is 5.24. The summed E-state index contributed by atoms with van der Waals surface area (Å²) < 4.78 is 5.71. The van der Waals surface area contributed by atoms with Crippen LogP contribution in [-0.4, -0.2) is 16.1 Å². The quantitative estimate of drug-likeness (QED) is 0.825. The molecule has 4 heteroatoms. The molecule has 1 rings (SSSR count). The first-order valence-electron chi connectivity index (χ1n) is 5.24. The van der Waals surface area contributed by atoms with Crippen LogP contribution in [0.5, 0.6) is 5.88 Å². The molecule has 1 aromatic heterocycles. The van der Waals surface area contributed by atoms with Crippen molar-refractivity contribution in [1.29, 1.82) is 0 Å². The van der Waals surface area contributed by atoms with Crippen molar-refractivity contribution in [2.45, 2.75) is 40.2 Å². The second-order valence-electron chi connectivity index (χ2n) is 4.27. The molecule has 2 N–H and O–H groups in total. The van der Waals surface area contributed by atoms with E-state index in [1.165, 1.54) is 0 Å². The molecule has 1 unspecified atom stereocenters. The van der Waals surface area contributed by atoms with Crippen LogP contribution in [0.25, 0.3) is 0 Å². The zero-order valence-electron chi connectivity index (χ0n) is 9.82. The van der Waals surface area contributed by atoms with Gasteiger partial charge in [-0.15, -0.1) is 0 Å². The summed E-state index contributed by atoms with van der Waals surface area (Å²) in [5, 5.41) is 0. The molecule has 84 valence electrons. The number of hydrogen-bond acceptors (Lipinski definition) is 4. The number of nitrogen functional groups attached to an aromatic ring is 1. The highest BCUT2D eigenvalue weighted by Gasteiger charge is 2.10. The van der Waals surface area contributed by atoms with E-state index in [0.29, 0.717) is 11.8 Å². The molecule has 0 amide bonds. The van der Waals surface area contributed by atoms with Gasteiger partial charge < -0.3 is 10.5 Å². The third kappa shape index (κ3) is 3.73. The summed E-state index contributed by atoms with van der Waals surface area (Å²) in [6, 6.07) is 0. The smallest absolute Gasteiger partial charge is 0.223 e. The van der Waals surface area contributed by atoms with Crippen molar-refractivity contribution in [3.8, 4) is 5.88 Å². The van der Waals surface area contributed by atoms with E-state index in [-0.39, 0.29) is 12.1 Å². The Morgan fingerprint density at radius 3 is 2.67 bits per heavy atom. The van der Waals surface area contributed by atoms with E-state index >= 15 is 0 Å². The fourth-order valence-corrected chi connectivity index (χ4v) is 1.46. The van der Waals surface area contributed by atoms with Crippen molar-refractivity contribution in [3.63, 3.8) is 0 Å².